The fraction of sp³-hybridized carbons (Fsp3) is 0.500. The van der Waals surface area contributed by atoms with Gasteiger partial charge in [-0.3, -0.25) is 4.90 Å². The first-order chi connectivity index (χ1) is 9.36. The maximum Gasteiger partial charge on any atom is 0.124 e. The van der Waals surface area contributed by atoms with Crippen molar-refractivity contribution >= 4 is 0 Å². The monoisotopic (exact) mass is 260 g/mol. The highest BCUT2D eigenvalue weighted by atomic mass is 16.5. The van der Waals surface area contributed by atoms with Crippen molar-refractivity contribution < 1.29 is 4.74 Å². The lowest BCUT2D eigenvalue weighted by Crippen LogP contribution is -2.45. The van der Waals surface area contributed by atoms with Crippen LogP contribution in [-0.4, -0.2) is 37.7 Å². The summed E-state index contributed by atoms with van der Waals surface area (Å²) >= 11 is 0. The Balaban J connectivity index is 2.24. The Hall–Kier alpha value is -1.32. The lowest BCUT2D eigenvalue weighted by Gasteiger charge is -2.35. The standard InChI is InChI=1S/C16H24N2O/c1-3-7-15(18-12-10-17-11-13-18)14-8-5-6-9-16(14)19-4-2/h3,5-6,8-9,15,17H,1,4,7,10-13H2,2H3/t15-/m0/s1. The summed E-state index contributed by atoms with van der Waals surface area (Å²) in [4.78, 5) is 2.52. The summed E-state index contributed by atoms with van der Waals surface area (Å²) in [6, 6.07) is 8.76. The van der Waals surface area contributed by atoms with Crippen LogP contribution in [0.2, 0.25) is 0 Å². The molecule has 2 rings (SSSR count). The predicted molar refractivity (Wildman–Crippen MR) is 79.6 cm³/mol. The van der Waals surface area contributed by atoms with Crippen LogP contribution >= 0.6 is 0 Å². The maximum absolute atomic E-state index is 5.78. The predicted octanol–water partition coefficient (Wildman–Crippen LogP) is 2.61. The van der Waals surface area contributed by atoms with Gasteiger partial charge in [0.25, 0.3) is 0 Å². The summed E-state index contributed by atoms with van der Waals surface area (Å²) in [6.45, 7) is 10.9. The third kappa shape index (κ3) is 3.58. The lowest BCUT2D eigenvalue weighted by atomic mass is 10.00. The van der Waals surface area contributed by atoms with E-state index in [0.29, 0.717) is 12.6 Å². The minimum absolute atomic E-state index is 0.377. The van der Waals surface area contributed by atoms with Crippen LogP contribution in [0, 0.1) is 0 Å². The van der Waals surface area contributed by atoms with E-state index in [-0.39, 0.29) is 0 Å². The van der Waals surface area contributed by atoms with E-state index in [1.807, 2.05) is 19.1 Å². The van der Waals surface area contributed by atoms with Gasteiger partial charge in [0.15, 0.2) is 0 Å². The van der Waals surface area contributed by atoms with Crippen molar-refractivity contribution in [2.24, 2.45) is 0 Å². The van der Waals surface area contributed by atoms with Crippen LogP contribution in [-0.2, 0) is 0 Å². The molecule has 19 heavy (non-hydrogen) atoms. The molecule has 1 aliphatic heterocycles. The van der Waals surface area contributed by atoms with Gasteiger partial charge in [-0.1, -0.05) is 24.3 Å². The van der Waals surface area contributed by atoms with Crippen LogP contribution in [0.4, 0.5) is 0 Å². The number of piperazine rings is 1. The van der Waals surface area contributed by atoms with E-state index in [0.717, 1.165) is 38.3 Å². The highest BCUT2D eigenvalue weighted by Gasteiger charge is 2.23. The molecule has 1 aromatic rings. The Morgan fingerprint density at radius 2 is 2.11 bits per heavy atom. The van der Waals surface area contributed by atoms with Crippen molar-refractivity contribution in [2.45, 2.75) is 19.4 Å². The average Bonchev–Trinajstić information content (AvgIpc) is 2.47. The zero-order valence-electron chi connectivity index (χ0n) is 11.8. The highest BCUT2D eigenvalue weighted by Crippen LogP contribution is 2.32. The average molecular weight is 260 g/mol. The van der Waals surface area contributed by atoms with Crippen molar-refractivity contribution in [2.75, 3.05) is 32.8 Å². The number of hydrogen-bond donors (Lipinski definition) is 1. The molecule has 0 unspecified atom stereocenters. The summed E-state index contributed by atoms with van der Waals surface area (Å²) in [7, 11) is 0. The van der Waals surface area contributed by atoms with E-state index < -0.39 is 0 Å². The molecule has 0 saturated carbocycles. The number of hydrogen-bond acceptors (Lipinski definition) is 3. The number of nitrogens with zero attached hydrogens (tertiary/aromatic N) is 1. The van der Waals surface area contributed by atoms with Crippen LogP contribution in [0.25, 0.3) is 0 Å². The molecule has 1 N–H and O–H groups in total. The van der Waals surface area contributed by atoms with Crippen molar-refractivity contribution in [3.05, 3.63) is 42.5 Å². The lowest BCUT2D eigenvalue weighted by molar-refractivity contribution is 0.170. The maximum atomic E-state index is 5.78. The highest BCUT2D eigenvalue weighted by molar-refractivity contribution is 5.36. The second kappa shape index (κ2) is 7.31. The van der Waals surface area contributed by atoms with Crippen molar-refractivity contribution in [3.63, 3.8) is 0 Å². The molecule has 0 aromatic heterocycles. The second-order valence-corrected chi connectivity index (χ2v) is 4.80. The molecule has 0 radical (unpaired) electrons. The quantitative estimate of drug-likeness (QED) is 0.796. The Morgan fingerprint density at radius 1 is 1.37 bits per heavy atom. The molecular formula is C16H24N2O. The van der Waals surface area contributed by atoms with E-state index >= 15 is 0 Å². The van der Waals surface area contributed by atoms with Crippen LogP contribution in [0.1, 0.15) is 24.9 Å². The van der Waals surface area contributed by atoms with Crippen LogP contribution in [0.5, 0.6) is 5.75 Å². The molecule has 3 nitrogen and oxygen atoms in total. The first kappa shape index (κ1) is 14.1. The van der Waals surface area contributed by atoms with Crippen LogP contribution in [0.3, 0.4) is 0 Å². The van der Waals surface area contributed by atoms with Gasteiger partial charge in [-0.05, 0) is 19.4 Å². The Bertz CT molecular complexity index is 399. The van der Waals surface area contributed by atoms with E-state index in [4.69, 9.17) is 4.74 Å². The molecule has 1 atom stereocenters. The largest absolute Gasteiger partial charge is 0.494 e. The van der Waals surface area contributed by atoms with Gasteiger partial charge < -0.3 is 10.1 Å². The summed E-state index contributed by atoms with van der Waals surface area (Å²) in [5.41, 5.74) is 1.28. The summed E-state index contributed by atoms with van der Waals surface area (Å²) in [6.07, 6.45) is 2.97. The van der Waals surface area contributed by atoms with Crippen molar-refractivity contribution in [1.82, 2.24) is 10.2 Å². The van der Waals surface area contributed by atoms with E-state index in [1.165, 1.54) is 5.56 Å². The Morgan fingerprint density at radius 3 is 2.79 bits per heavy atom. The van der Waals surface area contributed by atoms with Crippen molar-refractivity contribution in [1.29, 1.82) is 0 Å². The SMILES string of the molecule is C=CC[C@@H](c1ccccc1OCC)N1CCNCC1. The third-order valence-corrected chi connectivity index (χ3v) is 3.56. The Kier molecular flexibility index (Phi) is 5.43. The van der Waals surface area contributed by atoms with Crippen molar-refractivity contribution in [3.8, 4) is 5.75 Å². The van der Waals surface area contributed by atoms with Gasteiger partial charge in [0.1, 0.15) is 5.75 Å². The number of benzene rings is 1. The zero-order chi connectivity index (χ0) is 13.5. The molecule has 0 bridgehead atoms. The smallest absolute Gasteiger partial charge is 0.124 e. The van der Waals surface area contributed by atoms with Gasteiger partial charge in [-0.15, -0.1) is 6.58 Å². The molecule has 1 fully saturated rings. The first-order valence-corrected chi connectivity index (χ1v) is 7.14. The second-order valence-electron chi connectivity index (χ2n) is 4.80. The molecule has 3 heteroatoms. The summed E-state index contributed by atoms with van der Waals surface area (Å²) in [5.74, 6) is 1.01. The van der Waals surface area contributed by atoms with E-state index in [9.17, 15) is 0 Å². The van der Waals surface area contributed by atoms with Crippen LogP contribution in [0.15, 0.2) is 36.9 Å². The molecule has 1 aliphatic rings. The van der Waals surface area contributed by atoms with Gasteiger partial charge in [0.2, 0.25) is 0 Å². The number of ether oxygens (including phenoxy) is 1. The van der Waals surface area contributed by atoms with Gasteiger partial charge in [-0.2, -0.15) is 0 Å². The van der Waals surface area contributed by atoms with E-state index in [2.05, 4.69) is 35.0 Å². The van der Waals surface area contributed by atoms with Gasteiger partial charge in [-0.25, -0.2) is 0 Å². The minimum Gasteiger partial charge on any atom is -0.494 e. The topological polar surface area (TPSA) is 24.5 Å². The molecule has 0 spiro atoms. The zero-order valence-corrected chi connectivity index (χ0v) is 11.8. The fourth-order valence-corrected chi connectivity index (χ4v) is 2.67. The van der Waals surface area contributed by atoms with Gasteiger partial charge in [0, 0.05) is 37.8 Å². The van der Waals surface area contributed by atoms with Gasteiger partial charge >= 0.3 is 0 Å². The normalized spacial score (nSPS) is 17.9. The molecule has 1 saturated heterocycles. The molecule has 1 heterocycles. The van der Waals surface area contributed by atoms with Crippen LogP contribution < -0.4 is 10.1 Å². The van der Waals surface area contributed by atoms with E-state index in [1.54, 1.807) is 0 Å². The molecule has 0 amide bonds. The molecule has 1 aromatic carbocycles. The summed E-state index contributed by atoms with van der Waals surface area (Å²) < 4.78 is 5.78. The number of nitrogens with one attached hydrogen (secondary N) is 1. The number of rotatable bonds is 6. The van der Waals surface area contributed by atoms with Gasteiger partial charge in [0.05, 0.1) is 6.61 Å². The first-order valence-electron chi connectivity index (χ1n) is 7.14. The summed E-state index contributed by atoms with van der Waals surface area (Å²) in [5, 5.41) is 3.40. The molecular weight excluding hydrogens is 236 g/mol. The molecule has 0 aliphatic carbocycles. The molecule has 104 valence electrons. The number of para-hydroxylation sites is 1. The fourth-order valence-electron chi connectivity index (χ4n) is 2.67. The Labute approximate surface area is 116 Å². The third-order valence-electron chi connectivity index (χ3n) is 3.56. The minimum atomic E-state index is 0.377.